The van der Waals surface area contributed by atoms with Gasteiger partial charge in [-0.25, -0.2) is 0 Å². The predicted octanol–water partition coefficient (Wildman–Crippen LogP) is 9.88. The monoisotopic (exact) mass is 364 g/mol. The van der Waals surface area contributed by atoms with Gasteiger partial charge in [-0.05, 0) is 37.5 Å². The molecule has 0 aromatic rings. The largest absolute Gasteiger partial charge is 0.0885 e. The van der Waals surface area contributed by atoms with Crippen LogP contribution in [-0.2, 0) is 0 Å². The zero-order chi connectivity index (χ0) is 19.3. The summed E-state index contributed by atoms with van der Waals surface area (Å²) in [7, 11) is 0. The van der Waals surface area contributed by atoms with Crippen molar-refractivity contribution < 1.29 is 0 Å². The third-order valence-corrected chi connectivity index (χ3v) is 6.21. The zero-order valence-corrected chi connectivity index (χ0v) is 19.0. The molecule has 0 aliphatic heterocycles. The standard InChI is InChI=1S/C26H52/c1-5-8-10-12-13-14-15-16-17-18-20-22-24-26(25(4)7-3)23-21-19-11-9-6-2/h14-15,25-26H,5-13,16-24H2,1-4H3. The highest BCUT2D eigenvalue weighted by Gasteiger charge is 2.14. The Balaban J connectivity index is 3.61. The molecule has 0 aliphatic carbocycles. The number of hydrogen-bond donors (Lipinski definition) is 0. The summed E-state index contributed by atoms with van der Waals surface area (Å²) in [6.07, 6.45) is 30.3. The first kappa shape index (κ1) is 25.7. The summed E-state index contributed by atoms with van der Waals surface area (Å²) < 4.78 is 0. The molecule has 0 saturated heterocycles. The smallest absolute Gasteiger partial charge is 0.0351 e. The van der Waals surface area contributed by atoms with Crippen LogP contribution in [0.25, 0.3) is 0 Å². The van der Waals surface area contributed by atoms with Gasteiger partial charge in [0.15, 0.2) is 0 Å². The lowest BCUT2D eigenvalue weighted by atomic mass is 9.83. The Morgan fingerprint density at radius 1 is 0.538 bits per heavy atom. The summed E-state index contributed by atoms with van der Waals surface area (Å²) in [5.41, 5.74) is 0. The fourth-order valence-electron chi connectivity index (χ4n) is 4.00. The van der Waals surface area contributed by atoms with E-state index in [1.54, 1.807) is 0 Å². The summed E-state index contributed by atoms with van der Waals surface area (Å²) >= 11 is 0. The van der Waals surface area contributed by atoms with E-state index < -0.39 is 0 Å². The minimum Gasteiger partial charge on any atom is -0.0885 e. The molecule has 2 atom stereocenters. The molecule has 0 heterocycles. The van der Waals surface area contributed by atoms with Crippen LogP contribution in [0.2, 0.25) is 0 Å². The summed E-state index contributed by atoms with van der Waals surface area (Å²) in [4.78, 5) is 0. The van der Waals surface area contributed by atoms with Crippen LogP contribution < -0.4 is 0 Å². The molecule has 0 aliphatic rings. The quantitative estimate of drug-likeness (QED) is 0.149. The van der Waals surface area contributed by atoms with Crippen molar-refractivity contribution in [3.63, 3.8) is 0 Å². The number of allylic oxidation sites excluding steroid dienone is 2. The Labute approximate surface area is 167 Å². The van der Waals surface area contributed by atoms with Gasteiger partial charge in [0.05, 0.1) is 0 Å². The molecular formula is C26H52. The second kappa shape index (κ2) is 21.0. The van der Waals surface area contributed by atoms with Crippen molar-refractivity contribution in [1.82, 2.24) is 0 Å². The summed E-state index contributed by atoms with van der Waals surface area (Å²) in [6.45, 7) is 9.46. The lowest BCUT2D eigenvalue weighted by Gasteiger charge is -2.23. The Morgan fingerprint density at radius 3 is 1.42 bits per heavy atom. The second-order valence-corrected chi connectivity index (χ2v) is 8.66. The molecule has 0 fully saturated rings. The maximum atomic E-state index is 2.49. The van der Waals surface area contributed by atoms with E-state index in [0.29, 0.717) is 0 Å². The first-order valence-corrected chi connectivity index (χ1v) is 12.4. The Morgan fingerprint density at radius 2 is 0.962 bits per heavy atom. The highest BCUT2D eigenvalue weighted by molar-refractivity contribution is 4.81. The SMILES string of the molecule is CCCCCCC=CCCCCCCC(CCCCCCC)C(C)CC. The van der Waals surface area contributed by atoms with E-state index in [-0.39, 0.29) is 0 Å². The van der Waals surface area contributed by atoms with Gasteiger partial charge in [-0.1, -0.05) is 130 Å². The maximum absolute atomic E-state index is 2.49. The lowest BCUT2D eigenvalue weighted by molar-refractivity contribution is 0.288. The minimum absolute atomic E-state index is 0.928. The van der Waals surface area contributed by atoms with Crippen LogP contribution in [0, 0.1) is 11.8 Å². The van der Waals surface area contributed by atoms with E-state index in [9.17, 15) is 0 Å². The second-order valence-electron chi connectivity index (χ2n) is 8.66. The topological polar surface area (TPSA) is 0 Å². The first-order chi connectivity index (χ1) is 12.8. The molecule has 0 rings (SSSR count). The average Bonchev–Trinajstić information content (AvgIpc) is 2.66. The van der Waals surface area contributed by atoms with Crippen molar-refractivity contribution in [3.05, 3.63) is 12.2 Å². The van der Waals surface area contributed by atoms with Gasteiger partial charge in [-0.2, -0.15) is 0 Å². The maximum Gasteiger partial charge on any atom is -0.0351 e. The number of rotatable bonds is 20. The molecule has 156 valence electrons. The Hall–Kier alpha value is -0.260. The molecule has 2 unspecified atom stereocenters. The molecule has 0 nitrogen and oxygen atoms in total. The van der Waals surface area contributed by atoms with Crippen molar-refractivity contribution in [2.24, 2.45) is 11.8 Å². The van der Waals surface area contributed by atoms with Gasteiger partial charge in [0.25, 0.3) is 0 Å². The average molecular weight is 365 g/mol. The fourth-order valence-corrected chi connectivity index (χ4v) is 4.00. The van der Waals surface area contributed by atoms with Crippen LogP contribution in [0.15, 0.2) is 12.2 Å². The Kier molecular flexibility index (Phi) is 20.8. The number of unbranched alkanes of at least 4 members (excludes halogenated alkanes) is 12. The van der Waals surface area contributed by atoms with Crippen LogP contribution in [-0.4, -0.2) is 0 Å². The van der Waals surface area contributed by atoms with Gasteiger partial charge in [0.1, 0.15) is 0 Å². The van der Waals surface area contributed by atoms with E-state index in [4.69, 9.17) is 0 Å². The molecule has 0 heteroatoms. The van der Waals surface area contributed by atoms with Crippen LogP contribution in [0.5, 0.6) is 0 Å². The molecular weight excluding hydrogens is 312 g/mol. The van der Waals surface area contributed by atoms with Gasteiger partial charge >= 0.3 is 0 Å². The molecule has 0 spiro atoms. The molecule has 0 aromatic heterocycles. The van der Waals surface area contributed by atoms with Crippen molar-refractivity contribution in [3.8, 4) is 0 Å². The molecule has 0 amide bonds. The molecule has 0 N–H and O–H groups in total. The van der Waals surface area contributed by atoms with Crippen LogP contribution >= 0.6 is 0 Å². The van der Waals surface area contributed by atoms with Crippen molar-refractivity contribution in [1.29, 1.82) is 0 Å². The van der Waals surface area contributed by atoms with Gasteiger partial charge < -0.3 is 0 Å². The van der Waals surface area contributed by atoms with Crippen molar-refractivity contribution in [2.75, 3.05) is 0 Å². The van der Waals surface area contributed by atoms with Gasteiger partial charge in [0.2, 0.25) is 0 Å². The first-order valence-electron chi connectivity index (χ1n) is 12.4. The predicted molar refractivity (Wildman–Crippen MR) is 122 cm³/mol. The molecule has 0 radical (unpaired) electrons. The molecule has 0 saturated carbocycles. The van der Waals surface area contributed by atoms with Crippen LogP contribution in [0.3, 0.4) is 0 Å². The van der Waals surface area contributed by atoms with Crippen LogP contribution in [0.4, 0.5) is 0 Å². The zero-order valence-electron chi connectivity index (χ0n) is 19.0. The summed E-state index contributed by atoms with van der Waals surface area (Å²) in [5, 5.41) is 0. The third kappa shape index (κ3) is 17.2. The van der Waals surface area contributed by atoms with Crippen molar-refractivity contribution in [2.45, 2.75) is 143 Å². The van der Waals surface area contributed by atoms with E-state index in [1.165, 1.54) is 116 Å². The van der Waals surface area contributed by atoms with E-state index in [2.05, 4.69) is 39.8 Å². The van der Waals surface area contributed by atoms with Gasteiger partial charge in [0, 0.05) is 0 Å². The van der Waals surface area contributed by atoms with Crippen LogP contribution in [0.1, 0.15) is 143 Å². The highest BCUT2D eigenvalue weighted by Crippen LogP contribution is 2.27. The molecule has 0 aromatic carbocycles. The van der Waals surface area contributed by atoms with E-state index in [0.717, 1.165) is 11.8 Å². The van der Waals surface area contributed by atoms with Crippen molar-refractivity contribution >= 4 is 0 Å². The summed E-state index contributed by atoms with van der Waals surface area (Å²) in [5.74, 6) is 1.92. The Bertz CT molecular complexity index is 278. The van der Waals surface area contributed by atoms with Gasteiger partial charge in [-0.3, -0.25) is 0 Å². The van der Waals surface area contributed by atoms with E-state index >= 15 is 0 Å². The summed E-state index contributed by atoms with van der Waals surface area (Å²) in [6, 6.07) is 0. The highest BCUT2D eigenvalue weighted by atomic mass is 14.2. The lowest BCUT2D eigenvalue weighted by Crippen LogP contribution is -2.11. The molecule has 26 heavy (non-hydrogen) atoms. The third-order valence-electron chi connectivity index (χ3n) is 6.21. The molecule has 0 bridgehead atoms. The fraction of sp³-hybridized carbons (Fsp3) is 0.923. The van der Waals surface area contributed by atoms with E-state index in [1.807, 2.05) is 0 Å². The minimum atomic E-state index is 0.928. The number of hydrogen-bond acceptors (Lipinski definition) is 0. The normalized spacial score (nSPS) is 14.2. The van der Waals surface area contributed by atoms with Gasteiger partial charge in [-0.15, -0.1) is 0 Å².